The first-order valence-corrected chi connectivity index (χ1v) is 9.34. The van der Waals surface area contributed by atoms with Crippen LogP contribution < -0.4 is 10.2 Å². The van der Waals surface area contributed by atoms with E-state index in [-0.39, 0.29) is 23.7 Å². The molecule has 0 bridgehead atoms. The molecular formula is C20H29N3O2. The lowest BCUT2D eigenvalue weighted by Crippen LogP contribution is -2.49. The average molecular weight is 343 g/mol. The lowest BCUT2D eigenvalue weighted by atomic mass is 10.1. The fourth-order valence-electron chi connectivity index (χ4n) is 3.44. The van der Waals surface area contributed by atoms with Crippen LogP contribution >= 0.6 is 0 Å². The smallest absolute Gasteiger partial charge is 0.226 e. The number of hydrogen-bond acceptors (Lipinski definition) is 3. The quantitative estimate of drug-likeness (QED) is 0.890. The predicted molar refractivity (Wildman–Crippen MR) is 99.4 cm³/mol. The van der Waals surface area contributed by atoms with Crippen LogP contribution in [0.25, 0.3) is 0 Å². The highest BCUT2D eigenvalue weighted by Crippen LogP contribution is 2.40. The van der Waals surface area contributed by atoms with E-state index in [1.54, 1.807) is 0 Å². The molecule has 0 radical (unpaired) electrons. The van der Waals surface area contributed by atoms with Gasteiger partial charge in [-0.2, -0.15) is 0 Å². The maximum atomic E-state index is 12.6. The summed E-state index contributed by atoms with van der Waals surface area (Å²) in [7, 11) is 0. The monoisotopic (exact) mass is 343 g/mol. The molecule has 136 valence electrons. The van der Waals surface area contributed by atoms with Gasteiger partial charge in [-0.3, -0.25) is 9.59 Å². The minimum atomic E-state index is -0.110. The zero-order valence-electron chi connectivity index (χ0n) is 15.5. The molecule has 25 heavy (non-hydrogen) atoms. The third kappa shape index (κ3) is 4.33. The number of piperazine rings is 1. The van der Waals surface area contributed by atoms with Gasteiger partial charge in [-0.05, 0) is 37.0 Å². The van der Waals surface area contributed by atoms with Gasteiger partial charge in [-0.15, -0.1) is 0 Å². The second kappa shape index (κ2) is 7.46. The van der Waals surface area contributed by atoms with Crippen molar-refractivity contribution < 1.29 is 9.59 Å². The van der Waals surface area contributed by atoms with Gasteiger partial charge >= 0.3 is 0 Å². The van der Waals surface area contributed by atoms with Crippen molar-refractivity contribution >= 4 is 17.5 Å². The molecule has 1 saturated carbocycles. The second-order valence-electron chi connectivity index (χ2n) is 7.74. The highest BCUT2D eigenvalue weighted by Gasteiger charge is 2.49. The Morgan fingerprint density at radius 3 is 2.52 bits per heavy atom. The molecule has 1 aliphatic heterocycles. The van der Waals surface area contributed by atoms with Crippen LogP contribution in [0.15, 0.2) is 24.3 Å². The van der Waals surface area contributed by atoms with E-state index in [1.165, 1.54) is 11.3 Å². The van der Waals surface area contributed by atoms with Crippen molar-refractivity contribution in [2.24, 2.45) is 17.8 Å². The molecule has 2 fully saturated rings. The number of nitrogens with zero attached hydrogens (tertiary/aromatic N) is 2. The molecular weight excluding hydrogens is 314 g/mol. The first kappa shape index (κ1) is 17.8. The summed E-state index contributed by atoms with van der Waals surface area (Å²) < 4.78 is 0. The number of anilines is 1. The molecule has 1 aromatic carbocycles. The normalized spacial score (nSPS) is 22.9. The SMILES string of the molecule is Cc1cccc(N2CCN(C(=O)C3CC3C(=O)NCC(C)C)CC2)c1. The zero-order chi connectivity index (χ0) is 18.0. The third-order valence-corrected chi connectivity index (χ3v) is 5.09. The number of aryl methyl sites for hydroxylation is 1. The Labute approximate surface area is 150 Å². The minimum Gasteiger partial charge on any atom is -0.368 e. The van der Waals surface area contributed by atoms with Crippen LogP contribution in [-0.2, 0) is 9.59 Å². The first-order valence-electron chi connectivity index (χ1n) is 9.34. The van der Waals surface area contributed by atoms with Crippen LogP contribution in [0.4, 0.5) is 5.69 Å². The van der Waals surface area contributed by atoms with Gasteiger partial charge in [0.25, 0.3) is 0 Å². The van der Waals surface area contributed by atoms with Gasteiger partial charge in [-0.1, -0.05) is 26.0 Å². The van der Waals surface area contributed by atoms with Crippen LogP contribution in [0.5, 0.6) is 0 Å². The average Bonchev–Trinajstić information content (AvgIpc) is 3.40. The molecule has 0 spiro atoms. The maximum Gasteiger partial charge on any atom is 0.226 e. The molecule has 5 nitrogen and oxygen atoms in total. The molecule has 1 N–H and O–H groups in total. The molecule has 2 aliphatic rings. The van der Waals surface area contributed by atoms with E-state index >= 15 is 0 Å². The summed E-state index contributed by atoms with van der Waals surface area (Å²) in [4.78, 5) is 29.0. The van der Waals surface area contributed by atoms with Crippen molar-refractivity contribution in [2.45, 2.75) is 27.2 Å². The Balaban J connectivity index is 1.47. The standard InChI is InChI=1S/C20H29N3O2/c1-14(2)13-21-19(24)17-12-18(17)20(25)23-9-7-22(8-10-23)16-6-4-5-15(3)11-16/h4-6,11,14,17-18H,7-10,12-13H2,1-3H3,(H,21,24). The number of amides is 2. The van der Waals surface area contributed by atoms with Gasteiger partial charge in [0.15, 0.2) is 0 Å². The lowest BCUT2D eigenvalue weighted by molar-refractivity contribution is -0.135. The number of hydrogen-bond donors (Lipinski definition) is 1. The second-order valence-corrected chi connectivity index (χ2v) is 7.74. The number of carbonyl (C=O) groups excluding carboxylic acids is 2. The van der Waals surface area contributed by atoms with Crippen LogP contribution in [0, 0.1) is 24.7 Å². The maximum absolute atomic E-state index is 12.6. The first-order chi connectivity index (χ1) is 12.0. The molecule has 1 saturated heterocycles. The van der Waals surface area contributed by atoms with Crippen molar-refractivity contribution in [1.29, 1.82) is 0 Å². The van der Waals surface area contributed by atoms with Crippen LogP contribution in [0.1, 0.15) is 25.8 Å². The van der Waals surface area contributed by atoms with Crippen LogP contribution in [-0.4, -0.2) is 49.4 Å². The molecule has 2 amide bonds. The van der Waals surface area contributed by atoms with Crippen molar-refractivity contribution in [1.82, 2.24) is 10.2 Å². The molecule has 3 rings (SSSR count). The Morgan fingerprint density at radius 2 is 1.88 bits per heavy atom. The molecule has 5 heteroatoms. The Morgan fingerprint density at radius 1 is 1.16 bits per heavy atom. The van der Waals surface area contributed by atoms with Gasteiger partial charge in [0.1, 0.15) is 0 Å². The van der Waals surface area contributed by atoms with E-state index in [0.29, 0.717) is 18.9 Å². The highest BCUT2D eigenvalue weighted by molar-refractivity contribution is 5.92. The third-order valence-electron chi connectivity index (χ3n) is 5.09. The number of carbonyl (C=O) groups is 2. The van der Waals surface area contributed by atoms with Gasteiger partial charge in [0, 0.05) is 38.4 Å². The minimum absolute atomic E-state index is 0.0467. The lowest BCUT2D eigenvalue weighted by Gasteiger charge is -2.36. The summed E-state index contributed by atoms with van der Waals surface area (Å²) in [6, 6.07) is 8.49. The van der Waals surface area contributed by atoms with Gasteiger partial charge < -0.3 is 15.1 Å². The van der Waals surface area contributed by atoms with E-state index in [0.717, 1.165) is 26.2 Å². The molecule has 1 heterocycles. The van der Waals surface area contributed by atoms with Gasteiger partial charge in [0.05, 0.1) is 11.8 Å². The molecule has 1 aliphatic carbocycles. The van der Waals surface area contributed by atoms with Gasteiger partial charge in [0.2, 0.25) is 11.8 Å². The summed E-state index contributed by atoms with van der Waals surface area (Å²) >= 11 is 0. The largest absolute Gasteiger partial charge is 0.368 e. The zero-order valence-corrected chi connectivity index (χ0v) is 15.5. The fraction of sp³-hybridized carbons (Fsp3) is 0.600. The van der Waals surface area contributed by atoms with E-state index < -0.39 is 0 Å². The Hall–Kier alpha value is -2.04. The molecule has 0 aromatic heterocycles. The topological polar surface area (TPSA) is 52.7 Å². The number of nitrogens with one attached hydrogen (secondary N) is 1. The van der Waals surface area contributed by atoms with Crippen LogP contribution in [0.2, 0.25) is 0 Å². The van der Waals surface area contributed by atoms with Gasteiger partial charge in [-0.25, -0.2) is 0 Å². The van der Waals surface area contributed by atoms with E-state index in [4.69, 9.17) is 0 Å². The molecule has 1 aromatic rings. The molecule has 2 unspecified atom stereocenters. The summed E-state index contributed by atoms with van der Waals surface area (Å²) in [5.74, 6) is 0.435. The fourth-order valence-corrected chi connectivity index (χ4v) is 3.44. The molecule has 2 atom stereocenters. The number of rotatable bonds is 5. The van der Waals surface area contributed by atoms with Crippen molar-refractivity contribution in [3.05, 3.63) is 29.8 Å². The highest BCUT2D eigenvalue weighted by atomic mass is 16.2. The Bertz CT molecular complexity index is 636. The van der Waals surface area contributed by atoms with E-state index in [2.05, 4.69) is 55.3 Å². The van der Waals surface area contributed by atoms with Crippen molar-refractivity contribution in [3.63, 3.8) is 0 Å². The predicted octanol–water partition coefficient (Wildman–Crippen LogP) is 2.05. The van der Waals surface area contributed by atoms with E-state index in [9.17, 15) is 9.59 Å². The van der Waals surface area contributed by atoms with E-state index in [1.807, 2.05) is 4.90 Å². The summed E-state index contributed by atoms with van der Waals surface area (Å²) in [6.07, 6.45) is 0.709. The van der Waals surface area contributed by atoms with Crippen molar-refractivity contribution in [2.75, 3.05) is 37.6 Å². The number of benzene rings is 1. The summed E-state index contributed by atoms with van der Waals surface area (Å²) in [5, 5.41) is 2.95. The van der Waals surface area contributed by atoms with Crippen molar-refractivity contribution in [3.8, 4) is 0 Å². The Kier molecular flexibility index (Phi) is 5.30. The van der Waals surface area contributed by atoms with Crippen LogP contribution in [0.3, 0.4) is 0 Å². The summed E-state index contributed by atoms with van der Waals surface area (Å²) in [5.41, 5.74) is 2.48. The summed E-state index contributed by atoms with van der Waals surface area (Å²) in [6.45, 7) is 10.1.